The molecule has 2 amide bonds. The van der Waals surface area contributed by atoms with Crippen molar-refractivity contribution in [1.82, 2.24) is 15.5 Å². The molecule has 216 valence electrons. The number of rotatable bonds is 10. The number of para-hydroxylation sites is 2. The summed E-state index contributed by atoms with van der Waals surface area (Å²) in [7, 11) is 0. The van der Waals surface area contributed by atoms with Gasteiger partial charge in [0.25, 0.3) is 0 Å². The normalized spacial score (nSPS) is 22.2. The average molecular weight is 547 g/mol. The van der Waals surface area contributed by atoms with Crippen LogP contribution in [-0.4, -0.2) is 61.7 Å². The van der Waals surface area contributed by atoms with E-state index in [1.54, 1.807) is 0 Å². The third-order valence-electron chi connectivity index (χ3n) is 9.44. The molecule has 0 bridgehead atoms. The molecule has 2 aromatic rings. The Balaban J connectivity index is 1.14. The first-order valence-electron chi connectivity index (χ1n) is 15.4. The highest BCUT2D eigenvalue weighted by Gasteiger charge is 2.44. The summed E-state index contributed by atoms with van der Waals surface area (Å²) in [5.74, 6) is 2.27. The number of amides is 2. The van der Waals surface area contributed by atoms with Gasteiger partial charge >= 0.3 is 0 Å². The van der Waals surface area contributed by atoms with E-state index in [1.165, 1.54) is 16.8 Å². The van der Waals surface area contributed by atoms with Gasteiger partial charge in [-0.05, 0) is 88.0 Å². The lowest BCUT2D eigenvalue weighted by molar-refractivity contribution is -0.136. The van der Waals surface area contributed by atoms with Gasteiger partial charge in [-0.1, -0.05) is 36.4 Å². The van der Waals surface area contributed by atoms with E-state index in [2.05, 4.69) is 77.9 Å². The lowest BCUT2D eigenvalue weighted by Crippen LogP contribution is -2.54. The van der Waals surface area contributed by atoms with Crippen LogP contribution in [0.5, 0.6) is 5.75 Å². The minimum Gasteiger partial charge on any atom is -0.493 e. The van der Waals surface area contributed by atoms with Crippen LogP contribution in [0.25, 0.3) is 0 Å². The highest BCUT2D eigenvalue weighted by Crippen LogP contribution is 2.34. The second-order valence-corrected chi connectivity index (χ2v) is 11.7. The fourth-order valence-corrected chi connectivity index (χ4v) is 6.91. The zero-order valence-electron chi connectivity index (χ0n) is 24.3. The van der Waals surface area contributed by atoms with E-state index >= 15 is 0 Å². The molecule has 7 nitrogen and oxygen atoms in total. The van der Waals surface area contributed by atoms with Crippen molar-refractivity contribution in [2.75, 3.05) is 44.4 Å². The molecule has 2 heterocycles. The number of benzene rings is 2. The Morgan fingerprint density at radius 1 is 0.975 bits per heavy atom. The summed E-state index contributed by atoms with van der Waals surface area (Å²) in [6.07, 6.45) is 7.70. The molecule has 0 atom stereocenters. The van der Waals surface area contributed by atoms with Crippen molar-refractivity contribution >= 4 is 17.5 Å². The summed E-state index contributed by atoms with van der Waals surface area (Å²) >= 11 is 0. The zero-order valence-corrected chi connectivity index (χ0v) is 24.3. The number of hydrogen-bond donors (Lipinski definition) is 2. The van der Waals surface area contributed by atoms with Gasteiger partial charge in [-0.25, -0.2) is 0 Å². The number of nitrogens with one attached hydrogen (secondary N) is 2. The van der Waals surface area contributed by atoms with Gasteiger partial charge in [0.15, 0.2) is 0 Å². The number of carbonyl (C=O) groups excluding carboxylic acids is 2. The zero-order chi connectivity index (χ0) is 28.0. The Morgan fingerprint density at radius 3 is 2.33 bits per heavy atom. The maximum atomic E-state index is 12.8. The molecule has 1 saturated carbocycles. The molecule has 1 spiro atoms. The first-order chi connectivity index (χ1) is 19.5. The molecule has 0 unspecified atom stereocenters. The molecule has 2 N–H and O–H groups in total. The lowest BCUT2D eigenvalue weighted by atomic mass is 9.78. The van der Waals surface area contributed by atoms with Crippen molar-refractivity contribution in [1.29, 1.82) is 0 Å². The smallest absolute Gasteiger partial charge is 0.241 e. The third-order valence-corrected chi connectivity index (χ3v) is 9.44. The van der Waals surface area contributed by atoms with Gasteiger partial charge in [-0.15, -0.1) is 0 Å². The number of nitrogens with zero attached hydrogens (tertiary/aromatic N) is 2. The van der Waals surface area contributed by atoms with Crippen LogP contribution in [0.2, 0.25) is 0 Å². The topological polar surface area (TPSA) is 73.9 Å². The van der Waals surface area contributed by atoms with Crippen molar-refractivity contribution < 1.29 is 14.3 Å². The van der Waals surface area contributed by atoms with E-state index in [0.29, 0.717) is 25.1 Å². The highest BCUT2D eigenvalue weighted by atomic mass is 16.5. The standard InChI is InChI=1S/C33H46N4O3/c1-3-36(4-2)31(38)27-15-13-25(14-16-27)23-28-10-6-8-12-30(28)40-22-17-26-9-5-7-11-29(26)37-20-18-33(19-21-37)32(39)34-24-35-33/h5-12,25,27,35H,3-4,13-24H2,1-2H3,(H,34,39)/t25-,27+. The van der Waals surface area contributed by atoms with Crippen molar-refractivity contribution in [2.24, 2.45) is 11.8 Å². The van der Waals surface area contributed by atoms with E-state index in [-0.39, 0.29) is 11.8 Å². The quantitative estimate of drug-likeness (QED) is 0.458. The van der Waals surface area contributed by atoms with Crippen molar-refractivity contribution in [3.05, 3.63) is 59.7 Å². The minimum atomic E-state index is -0.390. The van der Waals surface area contributed by atoms with E-state index < -0.39 is 5.54 Å². The van der Waals surface area contributed by atoms with Gasteiger partial charge in [0.05, 0.1) is 13.3 Å². The van der Waals surface area contributed by atoms with Crippen LogP contribution in [0.4, 0.5) is 5.69 Å². The van der Waals surface area contributed by atoms with Crippen LogP contribution in [0, 0.1) is 11.8 Å². The van der Waals surface area contributed by atoms with Gasteiger partial charge < -0.3 is 19.9 Å². The summed E-state index contributed by atoms with van der Waals surface area (Å²) in [4.78, 5) is 29.6. The second kappa shape index (κ2) is 13.1. The highest BCUT2D eigenvalue weighted by molar-refractivity contribution is 5.88. The fourth-order valence-electron chi connectivity index (χ4n) is 6.91. The maximum Gasteiger partial charge on any atom is 0.241 e. The molecule has 2 aromatic carbocycles. The fraction of sp³-hybridized carbons (Fsp3) is 0.576. The Bertz CT molecular complexity index is 1150. The van der Waals surface area contributed by atoms with E-state index in [9.17, 15) is 9.59 Å². The van der Waals surface area contributed by atoms with Crippen LogP contribution in [0.3, 0.4) is 0 Å². The van der Waals surface area contributed by atoms with Gasteiger partial charge in [0.1, 0.15) is 11.3 Å². The Morgan fingerprint density at radius 2 is 1.65 bits per heavy atom. The average Bonchev–Trinajstić information content (AvgIpc) is 3.34. The summed E-state index contributed by atoms with van der Waals surface area (Å²) < 4.78 is 6.39. The third kappa shape index (κ3) is 6.30. The lowest BCUT2D eigenvalue weighted by Gasteiger charge is -2.39. The van der Waals surface area contributed by atoms with E-state index in [1.807, 2.05) is 4.90 Å². The maximum absolute atomic E-state index is 12.8. The number of ether oxygens (including phenoxy) is 1. The van der Waals surface area contributed by atoms with E-state index in [0.717, 1.165) is 83.3 Å². The molecule has 40 heavy (non-hydrogen) atoms. The minimum absolute atomic E-state index is 0.147. The summed E-state index contributed by atoms with van der Waals surface area (Å²) in [6.45, 7) is 8.68. The van der Waals surface area contributed by atoms with Crippen molar-refractivity contribution in [3.63, 3.8) is 0 Å². The second-order valence-electron chi connectivity index (χ2n) is 11.7. The molecule has 0 radical (unpaired) electrons. The molecule has 5 rings (SSSR count). The molecule has 0 aromatic heterocycles. The first kappa shape index (κ1) is 28.5. The SMILES string of the molecule is CCN(CC)C(=O)[C@H]1CC[C@@H](Cc2ccccc2OCCc2ccccc2N2CCC3(CC2)NCNC3=O)CC1. The molecule has 3 fully saturated rings. The van der Waals surface area contributed by atoms with Gasteiger partial charge in [-0.3, -0.25) is 14.9 Å². The van der Waals surface area contributed by atoms with Crippen LogP contribution >= 0.6 is 0 Å². The van der Waals surface area contributed by atoms with Gasteiger partial charge in [0, 0.05) is 44.2 Å². The molecule has 1 aliphatic carbocycles. The number of anilines is 1. The van der Waals surface area contributed by atoms with Crippen LogP contribution in [-0.2, 0) is 22.4 Å². The summed E-state index contributed by atoms with van der Waals surface area (Å²) in [5, 5.41) is 6.32. The number of carbonyl (C=O) groups is 2. The Labute approximate surface area is 239 Å². The Kier molecular flexibility index (Phi) is 9.30. The van der Waals surface area contributed by atoms with Crippen LogP contribution < -0.4 is 20.3 Å². The van der Waals surface area contributed by atoms with Crippen LogP contribution in [0.15, 0.2) is 48.5 Å². The molecule has 2 saturated heterocycles. The summed E-state index contributed by atoms with van der Waals surface area (Å²) in [6, 6.07) is 17.1. The van der Waals surface area contributed by atoms with Gasteiger partial charge in [0.2, 0.25) is 11.8 Å². The first-order valence-corrected chi connectivity index (χ1v) is 15.4. The Hall–Kier alpha value is -3.06. The monoisotopic (exact) mass is 546 g/mol. The molecular formula is C33H46N4O3. The number of piperidine rings is 1. The predicted molar refractivity (Wildman–Crippen MR) is 159 cm³/mol. The molecule has 3 aliphatic rings. The van der Waals surface area contributed by atoms with Crippen molar-refractivity contribution in [2.45, 2.75) is 70.8 Å². The molecule has 2 aliphatic heterocycles. The summed E-state index contributed by atoms with van der Waals surface area (Å²) in [5.41, 5.74) is 3.43. The largest absolute Gasteiger partial charge is 0.493 e. The van der Waals surface area contributed by atoms with E-state index in [4.69, 9.17) is 4.74 Å². The van der Waals surface area contributed by atoms with Gasteiger partial charge in [-0.2, -0.15) is 0 Å². The van der Waals surface area contributed by atoms with Crippen LogP contribution in [0.1, 0.15) is 63.5 Å². The molecule has 7 heteroatoms. The molecular weight excluding hydrogens is 500 g/mol. The van der Waals surface area contributed by atoms with Crippen molar-refractivity contribution in [3.8, 4) is 5.75 Å². The predicted octanol–water partition coefficient (Wildman–Crippen LogP) is 4.54. The number of hydrogen-bond acceptors (Lipinski definition) is 5.